The van der Waals surface area contributed by atoms with Gasteiger partial charge in [0.05, 0.1) is 5.56 Å². The molecule has 2 heterocycles. The van der Waals surface area contributed by atoms with E-state index in [1.54, 1.807) is 30.3 Å². The topological polar surface area (TPSA) is 96.7 Å². The molecule has 0 saturated heterocycles. The molecule has 136 valence electrons. The molecule has 0 bridgehead atoms. The van der Waals surface area contributed by atoms with Crippen LogP contribution in [-0.2, 0) is 6.18 Å². The molecule has 2 N–H and O–H groups in total. The van der Waals surface area contributed by atoms with Crippen molar-refractivity contribution in [3.8, 4) is 11.1 Å². The van der Waals surface area contributed by atoms with Gasteiger partial charge in [-0.1, -0.05) is 24.3 Å². The molecular weight excluding hydrogens is 363 g/mol. The Kier molecular flexibility index (Phi) is 3.87. The molecule has 0 aliphatic heterocycles. The van der Waals surface area contributed by atoms with E-state index in [1.807, 2.05) is 0 Å². The molecule has 7 nitrogen and oxygen atoms in total. The second-order valence-corrected chi connectivity index (χ2v) is 5.64. The lowest BCUT2D eigenvalue weighted by molar-refractivity contribution is -0.137. The summed E-state index contributed by atoms with van der Waals surface area (Å²) in [6, 6.07) is 11.6. The first-order chi connectivity index (χ1) is 12.9. The van der Waals surface area contributed by atoms with Gasteiger partial charge in [-0.3, -0.25) is 9.78 Å². The molecule has 0 unspecified atom stereocenters. The van der Waals surface area contributed by atoms with Crippen LogP contribution in [0, 0.1) is 0 Å². The SMILES string of the molecule is O=c1[nH]c2nonc2nc1Nc1cccc(-c2cccc(C(F)(F)F)c2)c1. The Labute approximate surface area is 148 Å². The highest BCUT2D eigenvalue weighted by Gasteiger charge is 2.30. The van der Waals surface area contributed by atoms with Crippen molar-refractivity contribution in [3.63, 3.8) is 0 Å². The number of anilines is 2. The third kappa shape index (κ3) is 3.36. The number of aromatic amines is 1. The average molecular weight is 373 g/mol. The smallest absolute Gasteiger partial charge is 0.336 e. The molecule has 27 heavy (non-hydrogen) atoms. The third-order valence-electron chi connectivity index (χ3n) is 3.78. The van der Waals surface area contributed by atoms with Gasteiger partial charge in [-0.25, -0.2) is 4.63 Å². The lowest BCUT2D eigenvalue weighted by atomic mass is 10.0. The highest BCUT2D eigenvalue weighted by atomic mass is 19.4. The van der Waals surface area contributed by atoms with Crippen LogP contribution in [0.5, 0.6) is 0 Å². The van der Waals surface area contributed by atoms with Crippen molar-refractivity contribution in [1.29, 1.82) is 0 Å². The number of aromatic nitrogens is 4. The first-order valence-electron chi connectivity index (χ1n) is 7.67. The van der Waals surface area contributed by atoms with Crippen LogP contribution in [-0.4, -0.2) is 20.3 Å². The Morgan fingerprint density at radius 3 is 2.52 bits per heavy atom. The molecule has 4 rings (SSSR count). The third-order valence-corrected chi connectivity index (χ3v) is 3.78. The Morgan fingerprint density at radius 1 is 1.00 bits per heavy atom. The molecule has 0 fully saturated rings. The maximum Gasteiger partial charge on any atom is 0.416 e. The van der Waals surface area contributed by atoms with Gasteiger partial charge >= 0.3 is 6.18 Å². The number of hydrogen-bond donors (Lipinski definition) is 2. The maximum atomic E-state index is 12.9. The highest BCUT2D eigenvalue weighted by Crippen LogP contribution is 2.32. The number of nitrogens with one attached hydrogen (secondary N) is 2. The van der Waals surface area contributed by atoms with E-state index in [4.69, 9.17) is 0 Å². The van der Waals surface area contributed by atoms with E-state index in [0.717, 1.165) is 12.1 Å². The van der Waals surface area contributed by atoms with Gasteiger partial charge in [0.2, 0.25) is 11.3 Å². The number of rotatable bonds is 3. The van der Waals surface area contributed by atoms with Crippen LogP contribution in [0.2, 0.25) is 0 Å². The van der Waals surface area contributed by atoms with E-state index in [9.17, 15) is 18.0 Å². The number of fused-ring (bicyclic) bond motifs is 1. The Balaban J connectivity index is 1.68. The molecule has 2 aromatic heterocycles. The van der Waals surface area contributed by atoms with E-state index in [0.29, 0.717) is 16.8 Å². The van der Waals surface area contributed by atoms with Crippen molar-refractivity contribution in [1.82, 2.24) is 20.3 Å². The predicted octanol–water partition coefficient (Wildman–Crippen LogP) is 3.74. The normalized spacial score (nSPS) is 11.7. The molecule has 0 spiro atoms. The molecule has 0 atom stereocenters. The summed E-state index contributed by atoms with van der Waals surface area (Å²) in [5.41, 5.74) is 0.370. The van der Waals surface area contributed by atoms with Crippen LogP contribution in [0.4, 0.5) is 24.7 Å². The second-order valence-electron chi connectivity index (χ2n) is 5.64. The van der Waals surface area contributed by atoms with Crippen LogP contribution in [0.15, 0.2) is 58.0 Å². The van der Waals surface area contributed by atoms with Crippen molar-refractivity contribution in [2.24, 2.45) is 0 Å². The summed E-state index contributed by atoms with van der Waals surface area (Å²) >= 11 is 0. The van der Waals surface area contributed by atoms with Gasteiger partial charge in [0.25, 0.3) is 5.56 Å². The summed E-state index contributed by atoms with van der Waals surface area (Å²) in [6.45, 7) is 0. The van der Waals surface area contributed by atoms with Crippen LogP contribution in [0.3, 0.4) is 0 Å². The zero-order valence-electron chi connectivity index (χ0n) is 13.4. The number of hydrogen-bond acceptors (Lipinski definition) is 6. The van der Waals surface area contributed by atoms with E-state index in [-0.39, 0.29) is 17.1 Å². The molecule has 10 heteroatoms. The van der Waals surface area contributed by atoms with Crippen molar-refractivity contribution in [2.75, 3.05) is 5.32 Å². The Bertz CT molecular complexity index is 1180. The fourth-order valence-corrected chi connectivity index (χ4v) is 2.53. The average Bonchev–Trinajstić information content (AvgIpc) is 3.09. The molecule has 2 aromatic carbocycles. The van der Waals surface area contributed by atoms with Crippen molar-refractivity contribution in [2.45, 2.75) is 6.18 Å². The molecule has 0 radical (unpaired) electrons. The van der Waals surface area contributed by atoms with Crippen LogP contribution in [0.25, 0.3) is 22.4 Å². The molecule has 0 amide bonds. The fourth-order valence-electron chi connectivity index (χ4n) is 2.53. The monoisotopic (exact) mass is 373 g/mol. The van der Waals surface area contributed by atoms with Crippen LogP contribution < -0.4 is 10.9 Å². The van der Waals surface area contributed by atoms with Gasteiger partial charge < -0.3 is 5.32 Å². The zero-order valence-corrected chi connectivity index (χ0v) is 13.4. The number of alkyl halides is 3. The van der Waals surface area contributed by atoms with Crippen LogP contribution >= 0.6 is 0 Å². The number of halogens is 3. The quantitative estimate of drug-likeness (QED) is 0.568. The second kappa shape index (κ2) is 6.24. The van der Waals surface area contributed by atoms with Gasteiger partial charge in [-0.2, -0.15) is 18.2 Å². The lowest BCUT2D eigenvalue weighted by Crippen LogP contribution is -2.13. The molecule has 0 aliphatic carbocycles. The number of benzene rings is 2. The maximum absolute atomic E-state index is 12.9. The molecular formula is C17H10F3N5O2. The summed E-state index contributed by atoms with van der Waals surface area (Å²) in [6.07, 6.45) is -4.43. The number of H-pyrrole nitrogens is 1. The van der Waals surface area contributed by atoms with Gasteiger partial charge in [-0.15, -0.1) is 0 Å². The Hall–Kier alpha value is -3.69. The van der Waals surface area contributed by atoms with Gasteiger partial charge in [0.15, 0.2) is 5.82 Å². The fraction of sp³-hybridized carbons (Fsp3) is 0.0588. The molecule has 4 aromatic rings. The van der Waals surface area contributed by atoms with Gasteiger partial charge in [-0.05, 0) is 45.7 Å². The summed E-state index contributed by atoms with van der Waals surface area (Å²) in [7, 11) is 0. The number of nitrogens with zero attached hydrogens (tertiary/aromatic N) is 3. The van der Waals surface area contributed by atoms with Gasteiger partial charge in [0.1, 0.15) is 0 Å². The summed E-state index contributed by atoms with van der Waals surface area (Å²) in [4.78, 5) is 18.5. The van der Waals surface area contributed by atoms with Crippen LogP contribution in [0.1, 0.15) is 5.56 Å². The van der Waals surface area contributed by atoms with E-state index < -0.39 is 17.3 Å². The summed E-state index contributed by atoms with van der Waals surface area (Å²) in [5.74, 6) is -0.0422. The van der Waals surface area contributed by atoms with Crippen molar-refractivity contribution < 1.29 is 17.8 Å². The zero-order chi connectivity index (χ0) is 19.0. The first-order valence-corrected chi connectivity index (χ1v) is 7.67. The van der Waals surface area contributed by atoms with E-state index in [1.165, 1.54) is 6.07 Å². The lowest BCUT2D eigenvalue weighted by Gasteiger charge is -2.10. The summed E-state index contributed by atoms with van der Waals surface area (Å²) < 4.78 is 43.2. The van der Waals surface area contributed by atoms with Crippen molar-refractivity contribution in [3.05, 3.63) is 64.4 Å². The van der Waals surface area contributed by atoms with E-state index >= 15 is 0 Å². The predicted molar refractivity (Wildman–Crippen MR) is 90.4 cm³/mol. The minimum absolute atomic E-state index is 0.0422. The summed E-state index contributed by atoms with van der Waals surface area (Å²) in [5, 5.41) is 9.85. The van der Waals surface area contributed by atoms with Gasteiger partial charge in [0, 0.05) is 5.69 Å². The Morgan fingerprint density at radius 2 is 1.74 bits per heavy atom. The first kappa shape index (κ1) is 16.8. The molecule has 0 saturated carbocycles. The minimum atomic E-state index is -4.43. The highest BCUT2D eigenvalue weighted by molar-refractivity contribution is 5.72. The van der Waals surface area contributed by atoms with Crippen molar-refractivity contribution >= 4 is 22.8 Å². The largest absolute Gasteiger partial charge is 0.416 e. The van der Waals surface area contributed by atoms with E-state index in [2.05, 4.69) is 30.2 Å². The molecule has 0 aliphatic rings. The minimum Gasteiger partial charge on any atom is -0.336 e. The standard InChI is InChI=1S/C17H10F3N5O2/c18-17(19,20)11-5-1-3-9(7-11)10-4-2-6-12(8-10)21-15-16(26)23-14-13(22-15)24-27-25-14/h1-8H,(H,21,22,24)(H,23,25,26).